The van der Waals surface area contributed by atoms with Gasteiger partial charge in [0.25, 0.3) is 5.89 Å². The Morgan fingerprint density at radius 3 is 2.69 bits per heavy atom. The first-order chi connectivity index (χ1) is 12.7. The normalized spacial score (nSPS) is 13.4. The van der Waals surface area contributed by atoms with Crippen molar-refractivity contribution in [1.29, 1.82) is 0 Å². The highest BCUT2D eigenvalue weighted by Gasteiger charge is 2.22. The number of hydrogen-bond donors (Lipinski definition) is 2. The molecule has 9 nitrogen and oxygen atoms in total. The molecule has 9 heteroatoms. The van der Waals surface area contributed by atoms with Crippen LogP contribution in [0.1, 0.15) is 13.8 Å². The summed E-state index contributed by atoms with van der Waals surface area (Å²) in [5, 5.41) is 13.8. The largest absolute Gasteiger partial charge is 0.334 e. The van der Waals surface area contributed by atoms with Crippen molar-refractivity contribution >= 4 is 22.4 Å². The van der Waals surface area contributed by atoms with E-state index in [0.29, 0.717) is 28.8 Å². The zero-order chi connectivity index (χ0) is 17.7. The first kappa shape index (κ1) is 14.8. The van der Waals surface area contributed by atoms with Gasteiger partial charge in [-0.15, -0.1) is 5.53 Å². The fourth-order valence-corrected chi connectivity index (χ4v) is 2.95. The Morgan fingerprint density at radius 1 is 0.962 bits per heavy atom. The van der Waals surface area contributed by atoms with E-state index < -0.39 is 0 Å². The summed E-state index contributed by atoms with van der Waals surface area (Å²) in [7, 11) is 0. The van der Waals surface area contributed by atoms with Crippen molar-refractivity contribution in [3.63, 3.8) is 0 Å². The second-order valence-electron chi connectivity index (χ2n) is 6.32. The summed E-state index contributed by atoms with van der Waals surface area (Å²) < 4.78 is 10.2. The summed E-state index contributed by atoms with van der Waals surface area (Å²) >= 11 is 0. The van der Waals surface area contributed by atoms with Gasteiger partial charge in [-0.1, -0.05) is 5.16 Å². The molecule has 0 radical (unpaired) electrons. The van der Waals surface area contributed by atoms with Crippen molar-refractivity contribution in [1.82, 2.24) is 26.0 Å². The Bertz CT molecular complexity index is 1100. The highest BCUT2D eigenvalue weighted by atomic mass is 16.6. The number of aromatic nitrogens is 4. The zero-order valence-electron chi connectivity index (χ0n) is 14.1. The van der Waals surface area contributed by atoms with Crippen LogP contribution in [0, 0.1) is 0 Å². The third-order valence-electron chi connectivity index (χ3n) is 4.27. The smallest absolute Gasteiger partial charge is 0.258 e. The van der Waals surface area contributed by atoms with Crippen molar-refractivity contribution in [2.45, 2.75) is 19.9 Å². The predicted octanol–water partition coefficient (Wildman–Crippen LogP) is 3.00. The van der Waals surface area contributed by atoms with Crippen LogP contribution in [0.15, 0.2) is 45.6 Å². The molecule has 0 saturated carbocycles. The molecule has 0 unspecified atom stereocenters. The second-order valence-corrected chi connectivity index (χ2v) is 6.32. The Kier molecular flexibility index (Phi) is 3.16. The number of hydrazine groups is 2. The Morgan fingerprint density at radius 2 is 1.81 bits per heavy atom. The van der Waals surface area contributed by atoms with Gasteiger partial charge in [0.2, 0.25) is 5.82 Å². The summed E-state index contributed by atoms with van der Waals surface area (Å²) in [6, 6.07) is 11.8. The molecule has 1 aliphatic heterocycles. The highest BCUT2D eigenvalue weighted by Crippen LogP contribution is 2.34. The molecule has 0 saturated heterocycles. The summed E-state index contributed by atoms with van der Waals surface area (Å²) in [5.74, 6) is 0.936. The van der Waals surface area contributed by atoms with Crippen LogP contribution in [-0.4, -0.2) is 26.5 Å². The fraction of sp³-hybridized carbons (Fsp3) is 0.176. The van der Waals surface area contributed by atoms with Crippen LogP contribution in [0.2, 0.25) is 0 Å². The number of fused-ring (bicyclic) bond motifs is 2. The Hall–Kier alpha value is -3.46. The van der Waals surface area contributed by atoms with Gasteiger partial charge < -0.3 is 9.95 Å². The molecule has 2 N–H and O–H groups in total. The van der Waals surface area contributed by atoms with E-state index >= 15 is 0 Å². The molecular weight excluding hydrogens is 334 g/mol. The quantitative estimate of drug-likeness (QED) is 0.577. The molecule has 26 heavy (non-hydrogen) atoms. The first-order valence-corrected chi connectivity index (χ1v) is 8.21. The van der Waals surface area contributed by atoms with Crippen LogP contribution in [-0.2, 0) is 0 Å². The van der Waals surface area contributed by atoms with Crippen LogP contribution in [0.25, 0.3) is 33.9 Å². The maximum absolute atomic E-state index is 5.45. The number of rotatable bonds is 3. The lowest BCUT2D eigenvalue weighted by atomic mass is 10.1. The molecule has 5 rings (SSSR count). The van der Waals surface area contributed by atoms with Crippen molar-refractivity contribution in [3.8, 4) is 22.8 Å². The number of nitrogens with one attached hydrogen (secondary N) is 2. The van der Waals surface area contributed by atoms with Gasteiger partial charge in [0.15, 0.2) is 0 Å². The molecule has 4 aromatic rings. The van der Waals surface area contributed by atoms with Crippen molar-refractivity contribution in [2.75, 3.05) is 10.4 Å². The van der Waals surface area contributed by atoms with Crippen molar-refractivity contribution in [2.24, 2.45) is 0 Å². The molecule has 2 aromatic carbocycles. The fourth-order valence-electron chi connectivity index (χ4n) is 2.95. The van der Waals surface area contributed by atoms with Gasteiger partial charge in [-0.2, -0.15) is 4.98 Å². The van der Waals surface area contributed by atoms with Crippen LogP contribution in [0.3, 0.4) is 0 Å². The predicted molar refractivity (Wildman–Crippen MR) is 94.9 cm³/mol. The van der Waals surface area contributed by atoms with E-state index in [1.165, 1.54) is 0 Å². The van der Waals surface area contributed by atoms with E-state index in [0.717, 1.165) is 22.5 Å². The third kappa shape index (κ3) is 2.29. The summed E-state index contributed by atoms with van der Waals surface area (Å²) in [5.41, 5.74) is 11.3. The van der Waals surface area contributed by atoms with Gasteiger partial charge in [-0.05, 0) is 60.6 Å². The molecule has 0 amide bonds. The Labute approximate surface area is 147 Å². The molecule has 3 heterocycles. The lowest BCUT2D eigenvalue weighted by Gasteiger charge is -2.21. The average Bonchev–Trinajstić information content (AvgIpc) is 3.38. The number of benzene rings is 2. The minimum atomic E-state index is 0.325. The maximum atomic E-state index is 5.45. The summed E-state index contributed by atoms with van der Waals surface area (Å²) in [6.45, 7) is 4.23. The molecule has 0 fully saturated rings. The van der Waals surface area contributed by atoms with Crippen LogP contribution < -0.4 is 16.0 Å². The average molecular weight is 349 g/mol. The van der Waals surface area contributed by atoms with E-state index in [4.69, 9.17) is 9.15 Å². The number of hydrogen-bond acceptors (Lipinski definition) is 9. The summed E-state index contributed by atoms with van der Waals surface area (Å²) in [6.07, 6.45) is 0. The summed E-state index contributed by atoms with van der Waals surface area (Å²) in [4.78, 5) is 4.50. The molecular formula is C17H15N7O2. The van der Waals surface area contributed by atoms with Gasteiger partial charge in [0.05, 0.1) is 11.4 Å². The second kappa shape index (κ2) is 5.53. The Balaban J connectivity index is 1.49. The maximum Gasteiger partial charge on any atom is 0.258 e. The van der Waals surface area contributed by atoms with Crippen LogP contribution >= 0.6 is 0 Å². The number of anilines is 2. The molecule has 0 aliphatic carbocycles. The molecule has 0 bridgehead atoms. The SMILES string of the molecule is CC(C)N1NNc2cc(-c3nc(-c4ccc5nonc5c4)no3)ccc21. The van der Waals surface area contributed by atoms with Gasteiger partial charge in [0, 0.05) is 17.2 Å². The van der Waals surface area contributed by atoms with E-state index in [-0.39, 0.29) is 0 Å². The van der Waals surface area contributed by atoms with E-state index in [9.17, 15) is 0 Å². The van der Waals surface area contributed by atoms with E-state index in [1.54, 1.807) is 0 Å². The van der Waals surface area contributed by atoms with Gasteiger partial charge in [-0.3, -0.25) is 5.01 Å². The third-order valence-corrected chi connectivity index (χ3v) is 4.27. The van der Waals surface area contributed by atoms with Crippen LogP contribution in [0.5, 0.6) is 0 Å². The molecule has 0 atom stereocenters. The van der Waals surface area contributed by atoms with Gasteiger partial charge >= 0.3 is 0 Å². The topological polar surface area (TPSA) is 105 Å². The van der Waals surface area contributed by atoms with Crippen molar-refractivity contribution in [3.05, 3.63) is 36.4 Å². The molecule has 1 aliphatic rings. The lowest BCUT2D eigenvalue weighted by Crippen LogP contribution is -2.41. The molecule has 0 spiro atoms. The number of nitrogens with zero attached hydrogens (tertiary/aromatic N) is 5. The standard InChI is InChI=1S/C17H15N7O2/c1-9(2)24-15-6-4-11(8-14(15)19-23-24)17-18-16(22-25-17)10-3-5-12-13(7-10)21-26-20-12/h3-9,19,23H,1-2H3. The van der Waals surface area contributed by atoms with E-state index in [2.05, 4.69) is 50.3 Å². The van der Waals surface area contributed by atoms with Gasteiger partial charge in [-0.25, -0.2) is 4.63 Å². The highest BCUT2D eigenvalue weighted by molar-refractivity contribution is 5.80. The lowest BCUT2D eigenvalue weighted by molar-refractivity contribution is 0.315. The minimum absolute atomic E-state index is 0.325. The van der Waals surface area contributed by atoms with Gasteiger partial charge in [0.1, 0.15) is 11.0 Å². The zero-order valence-corrected chi connectivity index (χ0v) is 14.1. The van der Waals surface area contributed by atoms with E-state index in [1.807, 2.05) is 36.4 Å². The monoisotopic (exact) mass is 349 g/mol. The molecule has 130 valence electrons. The molecule has 2 aromatic heterocycles. The van der Waals surface area contributed by atoms with Crippen LogP contribution in [0.4, 0.5) is 11.4 Å². The minimum Gasteiger partial charge on any atom is -0.334 e. The van der Waals surface area contributed by atoms with Crippen molar-refractivity contribution < 1.29 is 9.15 Å². The first-order valence-electron chi connectivity index (χ1n) is 8.21.